The quantitative estimate of drug-likeness (QED) is 0.423. The van der Waals surface area contributed by atoms with Gasteiger partial charge in [0, 0.05) is 42.6 Å². The van der Waals surface area contributed by atoms with Crippen LogP contribution in [-0.4, -0.2) is 38.0 Å². The highest BCUT2D eigenvalue weighted by molar-refractivity contribution is 14.1. The zero-order valence-corrected chi connectivity index (χ0v) is 22.0. The largest absolute Gasteiger partial charge is 0.371 e. The number of nitriles is 1. The zero-order chi connectivity index (χ0) is 24.8. The highest BCUT2D eigenvalue weighted by Crippen LogP contribution is 2.54. The van der Waals surface area contributed by atoms with Gasteiger partial charge in [-0.3, -0.25) is 4.79 Å². The van der Waals surface area contributed by atoms with Gasteiger partial charge in [-0.1, -0.05) is 0 Å². The number of alkyl halides is 2. The molecular formula is C27H29F2IN4O. The molecule has 0 radical (unpaired) electrons. The third-order valence-electron chi connectivity index (χ3n) is 7.78. The molecule has 1 aliphatic carbocycles. The first kappa shape index (κ1) is 24.3. The maximum Gasteiger partial charge on any atom is 0.257 e. The van der Waals surface area contributed by atoms with Gasteiger partial charge in [-0.25, -0.2) is 8.78 Å². The summed E-state index contributed by atoms with van der Waals surface area (Å²) in [6, 6.07) is 11.7. The first-order valence-electron chi connectivity index (χ1n) is 12.2. The van der Waals surface area contributed by atoms with Gasteiger partial charge in [0.1, 0.15) is 6.07 Å². The van der Waals surface area contributed by atoms with E-state index >= 15 is 0 Å². The summed E-state index contributed by atoms with van der Waals surface area (Å²) in [5.41, 5.74) is 4.25. The number of halogens is 3. The number of nitrogens with one attached hydrogen (secondary N) is 1. The average molecular weight is 590 g/mol. The number of hydrogen-bond donors (Lipinski definition) is 1. The molecular weight excluding hydrogens is 561 g/mol. The molecule has 1 saturated carbocycles. The van der Waals surface area contributed by atoms with Gasteiger partial charge in [0.05, 0.1) is 28.2 Å². The number of piperidine rings is 2. The second-order valence-electron chi connectivity index (χ2n) is 10.3. The van der Waals surface area contributed by atoms with Crippen LogP contribution in [0.25, 0.3) is 0 Å². The Morgan fingerprint density at radius 1 is 0.971 bits per heavy atom. The van der Waals surface area contributed by atoms with Gasteiger partial charge in [-0.2, -0.15) is 5.26 Å². The summed E-state index contributed by atoms with van der Waals surface area (Å²) in [6.45, 7) is 4.12. The van der Waals surface area contributed by atoms with Crippen molar-refractivity contribution < 1.29 is 13.6 Å². The molecule has 2 aromatic rings. The predicted molar refractivity (Wildman–Crippen MR) is 143 cm³/mol. The first-order chi connectivity index (χ1) is 16.7. The Bertz CT molecular complexity index is 1180. The second kappa shape index (κ2) is 9.23. The molecule has 5 rings (SSSR count). The van der Waals surface area contributed by atoms with Crippen molar-refractivity contribution in [2.24, 2.45) is 5.41 Å². The van der Waals surface area contributed by atoms with E-state index in [9.17, 15) is 18.8 Å². The fourth-order valence-electron chi connectivity index (χ4n) is 5.35. The molecule has 1 spiro atoms. The van der Waals surface area contributed by atoms with Crippen LogP contribution < -0.4 is 15.1 Å². The van der Waals surface area contributed by atoms with Gasteiger partial charge in [-0.05, 0) is 96.5 Å². The van der Waals surface area contributed by atoms with Gasteiger partial charge in [0.2, 0.25) is 0 Å². The molecule has 3 aliphatic rings. The van der Waals surface area contributed by atoms with Crippen molar-refractivity contribution in [3.8, 4) is 6.07 Å². The lowest BCUT2D eigenvalue weighted by atomic mass is 9.93. The standard InChI is InChI=1S/C27H29F2IN4O/c1-18-14-22(21(17-31)23(15-18)34-12-8-27(28,29)9-13-34)32-25(35)20-3-2-19(30)16-24(20)33-10-6-26(4-5-26)7-11-33/h2-3,14-16H,4-13H2,1H3,(H,32,35). The summed E-state index contributed by atoms with van der Waals surface area (Å²) in [4.78, 5) is 17.7. The summed E-state index contributed by atoms with van der Waals surface area (Å²) >= 11 is 2.27. The fourth-order valence-corrected chi connectivity index (χ4v) is 5.83. The van der Waals surface area contributed by atoms with Crippen molar-refractivity contribution in [1.82, 2.24) is 0 Å². The molecule has 8 heteroatoms. The van der Waals surface area contributed by atoms with Crippen molar-refractivity contribution in [2.45, 2.75) is 51.4 Å². The molecule has 1 amide bonds. The number of carbonyl (C=O) groups excluding carboxylic acids is 1. The zero-order valence-electron chi connectivity index (χ0n) is 19.8. The summed E-state index contributed by atoms with van der Waals surface area (Å²) in [5, 5.41) is 12.9. The minimum absolute atomic E-state index is 0.177. The van der Waals surface area contributed by atoms with E-state index in [2.05, 4.69) is 44.9 Å². The molecule has 1 N–H and O–H groups in total. The normalized spacial score (nSPS) is 20.4. The van der Waals surface area contributed by atoms with Crippen molar-refractivity contribution in [1.29, 1.82) is 5.26 Å². The molecule has 0 bridgehead atoms. The number of anilines is 3. The SMILES string of the molecule is Cc1cc(NC(=O)c2ccc(I)cc2N2CCC3(CC2)CC3)c(C#N)c(N2CCC(F)(F)CC2)c1. The number of carbonyl (C=O) groups is 1. The Morgan fingerprint density at radius 3 is 2.23 bits per heavy atom. The average Bonchev–Trinajstić information content (AvgIpc) is 3.57. The predicted octanol–water partition coefficient (Wildman–Crippen LogP) is 6.34. The molecule has 5 nitrogen and oxygen atoms in total. The molecule has 2 aliphatic heterocycles. The van der Waals surface area contributed by atoms with Crippen LogP contribution in [0, 0.1) is 27.2 Å². The number of amides is 1. The Morgan fingerprint density at radius 2 is 1.60 bits per heavy atom. The van der Waals surface area contributed by atoms with Crippen molar-refractivity contribution in [2.75, 3.05) is 41.3 Å². The molecule has 3 fully saturated rings. The third-order valence-corrected chi connectivity index (χ3v) is 8.45. The summed E-state index contributed by atoms with van der Waals surface area (Å²) in [5.74, 6) is -2.93. The number of hydrogen-bond acceptors (Lipinski definition) is 4. The maximum atomic E-state index is 13.7. The topological polar surface area (TPSA) is 59.4 Å². The van der Waals surface area contributed by atoms with Gasteiger partial charge in [0.25, 0.3) is 11.8 Å². The Labute approximate surface area is 218 Å². The van der Waals surface area contributed by atoms with E-state index in [1.165, 1.54) is 12.8 Å². The van der Waals surface area contributed by atoms with Gasteiger partial charge in [0.15, 0.2) is 0 Å². The number of nitrogens with zero attached hydrogens (tertiary/aromatic N) is 3. The number of benzene rings is 2. The Kier molecular flexibility index (Phi) is 6.41. The van der Waals surface area contributed by atoms with E-state index in [0.717, 1.165) is 40.8 Å². The second-order valence-corrected chi connectivity index (χ2v) is 11.5. The first-order valence-corrected chi connectivity index (χ1v) is 13.3. The van der Waals surface area contributed by atoms with Crippen LogP contribution in [0.3, 0.4) is 0 Å². The molecule has 0 aromatic heterocycles. The Balaban J connectivity index is 1.41. The minimum Gasteiger partial charge on any atom is -0.371 e. The van der Waals surface area contributed by atoms with Gasteiger partial charge in [-0.15, -0.1) is 0 Å². The fraction of sp³-hybridized carbons (Fsp3) is 0.481. The molecule has 35 heavy (non-hydrogen) atoms. The van der Waals surface area contributed by atoms with E-state index in [1.807, 2.05) is 30.0 Å². The lowest BCUT2D eigenvalue weighted by Crippen LogP contribution is -2.39. The lowest BCUT2D eigenvalue weighted by molar-refractivity contribution is -0.0220. The van der Waals surface area contributed by atoms with Crippen molar-refractivity contribution >= 4 is 45.6 Å². The Hall–Kier alpha value is -2.41. The molecule has 0 unspecified atom stereocenters. The van der Waals surface area contributed by atoms with Crippen LogP contribution in [0.5, 0.6) is 0 Å². The van der Waals surface area contributed by atoms with Gasteiger partial charge < -0.3 is 15.1 Å². The molecule has 2 aromatic carbocycles. The van der Waals surface area contributed by atoms with Crippen LogP contribution in [0.1, 0.15) is 60.0 Å². The van der Waals surface area contributed by atoms with Crippen LogP contribution in [0.2, 0.25) is 0 Å². The van der Waals surface area contributed by atoms with Crippen molar-refractivity contribution in [3.05, 3.63) is 50.6 Å². The molecule has 2 heterocycles. The maximum absolute atomic E-state index is 13.7. The van der Waals surface area contributed by atoms with Crippen LogP contribution >= 0.6 is 22.6 Å². The molecule has 0 atom stereocenters. The third kappa shape index (κ3) is 5.11. The lowest BCUT2D eigenvalue weighted by Gasteiger charge is -2.35. The highest BCUT2D eigenvalue weighted by Gasteiger charge is 2.44. The van der Waals surface area contributed by atoms with Crippen molar-refractivity contribution in [3.63, 3.8) is 0 Å². The van der Waals surface area contributed by atoms with Crippen LogP contribution in [-0.2, 0) is 0 Å². The van der Waals surface area contributed by atoms with E-state index in [4.69, 9.17) is 0 Å². The monoisotopic (exact) mass is 590 g/mol. The smallest absolute Gasteiger partial charge is 0.257 e. The summed E-state index contributed by atoms with van der Waals surface area (Å²) < 4.78 is 28.5. The number of aryl methyl sites for hydroxylation is 1. The van der Waals surface area contributed by atoms with Gasteiger partial charge >= 0.3 is 0 Å². The molecule has 2 saturated heterocycles. The highest BCUT2D eigenvalue weighted by atomic mass is 127. The molecule has 184 valence electrons. The summed E-state index contributed by atoms with van der Waals surface area (Å²) in [7, 11) is 0. The van der Waals surface area contributed by atoms with Crippen LogP contribution in [0.4, 0.5) is 25.8 Å². The number of rotatable bonds is 4. The minimum atomic E-state index is -2.67. The van der Waals surface area contributed by atoms with E-state index in [1.54, 1.807) is 6.07 Å². The van der Waals surface area contributed by atoms with E-state index in [-0.39, 0.29) is 31.8 Å². The summed E-state index contributed by atoms with van der Waals surface area (Å²) in [6.07, 6.45) is 4.49. The van der Waals surface area contributed by atoms with E-state index in [0.29, 0.717) is 27.9 Å². The van der Waals surface area contributed by atoms with Crippen LogP contribution in [0.15, 0.2) is 30.3 Å². The van der Waals surface area contributed by atoms with E-state index < -0.39 is 5.92 Å².